The molecule has 0 bridgehead atoms. The summed E-state index contributed by atoms with van der Waals surface area (Å²) in [5.74, 6) is -0.382. The zero-order valence-corrected chi connectivity index (χ0v) is 13.7. The summed E-state index contributed by atoms with van der Waals surface area (Å²) in [6.07, 6.45) is 7.06. The second-order valence-corrected chi connectivity index (χ2v) is 2.98. The Morgan fingerprint density at radius 2 is 1.74 bits per heavy atom. The van der Waals surface area contributed by atoms with Crippen molar-refractivity contribution in [3.05, 3.63) is 23.8 Å². The normalized spacial score (nSPS) is 13.2. The monoisotopic (exact) mass is 272 g/mol. The number of aliphatic hydroxyl groups is 1. The highest BCUT2D eigenvalue weighted by Crippen LogP contribution is 2.15. The number of rotatable bonds is 3. The minimum Gasteiger partial charge on any atom is -0.469 e. The number of aliphatic hydroxyl groups excluding tert-OH is 1. The van der Waals surface area contributed by atoms with Crippen molar-refractivity contribution in [1.29, 1.82) is 0 Å². The smallest absolute Gasteiger partial charge is 0.308 e. The molecule has 0 aromatic carbocycles. The number of carbonyl (C=O) groups is 1. The Hall–Kier alpha value is -1.09. The molecule has 0 saturated heterocycles. The third kappa shape index (κ3) is 13.1. The van der Waals surface area contributed by atoms with E-state index in [4.69, 9.17) is 0 Å². The third-order valence-corrected chi connectivity index (χ3v) is 2.00. The minimum atomic E-state index is -0.719. The van der Waals surface area contributed by atoms with Crippen LogP contribution >= 0.6 is 0 Å². The molecule has 1 atom stereocenters. The van der Waals surface area contributed by atoms with Gasteiger partial charge < -0.3 is 9.84 Å². The van der Waals surface area contributed by atoms with E-state index in [-0.39, 0.29) is 12.4 Å². The molecule has 1 unspecified atom stereocenters. The van der Waals surface area contributed by atoms with Crippen LogP contribution < -0.4 is 0 Å². The predicted molar refractivity (Wildman–Crippen MR) is 83.1 cm³/mol. The second-order valence-electron chi connectivity index (χ2n) is 2.98. The minimum absolute atomic E-state index is 0.0344. The van der Waals surface area contributed by atoms with Gasteiger partial charge in [-0.05, 0) is 18.4 Å². The summed E-state index contributed by atoms with van der Waals surface area (Å²) in [6, 6.07) is 0. The molecule has 1 aliphatic rings. The Bertz CT molecular complexity index is 242. The maximum atomic E-state index is 10.8. The molecule has 3 heteroatoms. The SMILES string of the molecule is CC.CC.CC.COC(=O)CC(O)C1=CCCC=C1. The lowest BCUT2D eigenvalue weighted by molar-refractivity contribution is -0.142. The fourth-order valence-electron chi connectivity index (χ4n) is 1.24. The van der Waals surface area contributed by atoms with E-state index in [1.807, 2.05) is 59.8 Å². The fourth-order valence-corrected chi connectivity index (χ4v) is 1.24. The summed E-state index contributed by atoms with van der Waals surface area (Å²) in [7, 11) is 1.32. The van der Waals surface area contributed by atoms with Crippen LogP contribution in [0.1, 0.15) is 60.8 Å². The van der Waals surface area contributed by atoms with Crippen LogP contribution in [0.5, 0.6) is 0 Å². The van der Waals surface area contributed by atoms with Crippen molar-refractivity contribution in [2.24, 2.45) is 0 Å². The van der Waals surface area contributed by atoms with Crippen molar-refractivity contribution in [2.75, 3.05) is 7.11 Å². The second kappa shape index (κ2) is 19.3. The Labute approximate surface area is 119 Å². The van der Waals surface area contributed by atoms with Gasteiger partial charge in [-0.1, -0.05) is 59.8 Å². The van der Waals surface area contributed by atoms with Crippen LogP contribution in [0.15, 0.2) is 23.8 Å². The van der Waals surface area contributed by atoms with Gasteiger partial charge in [0.2, 0.25) is 0 Å². The molecule has 114 valence electrons. The standard InChI is InChI=1S/C10H14O3.3C2H6/c1-13-10(12)7-9(11)8-5-3-2-4-6-8;3*1-2/h3,5-6,9,11H,2,4,7H2,1H3;3*1-2H3. The van der Waals surface area contributed by atoms with Gasteiger partial charge in [0.15, 0.2) is 0 Å². The number of ether oxygens (including phenoxy) is 1. The Morgan fingerprint density at radius 1 is 1.21 bits per heavy atom. The highest BCUT2D eigenvalue weighted by molar-refractivity contribution is 5.70. The molecule has 0 fully saturated rings. The molecule has 3 nitrogen and oxygen atoms in total. The maximum Gasteiger partial charge on any atom is 0.308 e. The zero-order valence-electron chi connectivity index (χ0n) is 13.7. The first-order chi connectivity index (χ1) is 9.24. The number of esters is 1. The van der Waals surface area contributed by atoms with E-state index < -0.39 is 6.10 Å². The Balaban J connectivity index is -0.000000375. The molecule has 0 heterocycles. The Morgan fingerprint density at radius 3 is 2.11 bits per heavy atom. The van der Waals surface area contributed by atoms with E-state index >= 15 is 0 Å². The van der Waals surface area contributed by atoms with Crippen LogP contribution in [0.4, 0.5) is 0 Å². The lowest BCUT2D eigenvalue weighted by Crippen LogP contribution is -2.16. The molecular weight excluding hydrogens is 240 g/mol. The van der Waals surface area contributed by atoms with Gasteiger partial charge in [0.1, 0.15) is 0 Å². The van der Waals surface area contributed by atoms with Gasteiger partial charge in [0.25, 0.3) is 0 Å². The van der Waals surface area contributed by atoms with Gasteiger partial charge in [-0.15, -0.1) is 0 Å². The van der Waals surface area contributed by atoms with Crippen molar-refractivity contribution in [3.8, 4) is 0 Å². The fraction of sp³-hybridized carbons (Fsp3) is 0.688. The summed E-state index contributed by atoms with van der Waals surface area (Å²) < 4.78 is 4.46. The molecule has 19 heavy (non-hydrogen) atoms. The first kappa shape index (κ1) is 23.0. The molecule has 0 radical (unpaired) electrons. The highest BCUT2D eigenvalue weighted by atomic mass is 16.5. The predicted octanol–water partition coefficient (Wildman–Crippen LogP) is 4.27. The molecule has 0 aromatic rings. The van der Waals surface area contributed by atoms with E-state index in [2.05, 4.69) is 4.74 Å². The lowest BCUT2D eigenvalue weighted by atomic mass is 10.0. The van der Waals surface area contributed by atoms with Crippen molar-refractivity contribution >= 4 is 5.97 Å². The zero-order chi connectivity index (χ0) is 15.7. The van der Waals surface area contributed by atoms with Crippen LogP contribution in [0.2, 0.25) is 0 Å². The van der Waals surface area contributed by atoms with E-state index in [9.17, 15) is 9.90 Å². The van der Waals surface area contributed by atoms with E-state index in [1.54, 1.807) is 0 Å². The van der Waals surface area contributed by atoms with Gasteiger partial charge in [-0.25, -0.2) is 0 Å². The van der Waals surface area contributed by atoms with Gasteiger partial charge >= 0.3 is 5.97 Å². The van der Waals surface area contributed by atoms with E-state index in [0.29, 0.717) is 0 Å². The lowest BCUT2D eigenvalue weighted by Gasteiger charge is -2.12. The number of carbonyl (C=O) groups excluding carboxylic acids is 1. The van der Waals surface area contributed by atoms with Crippen LogP contribution in [0, 0.1) is 0 Å². The Kier molecular flexibility index (Phi) is 23.3. The molecule has 1 N–H and O–H groups in total. The van der Waals surface area contributed by atoms with Gasteiger partial charge in [-0.3, -0.25) is 4.79 Å². The molecular formula is C16H32O3. The van der Waals surface area contributed by atoms with Crippen LogP contribution in [0.25, 0.3) is 0 Å². The highest BCUT2D eigenvalue weighted by Gasteiger charge is 2.14. The van der Waals surface area contributed by atoms with Gasteiger partial charge in [0, 0.05) is 0 Å². The molecule has 0 spiro atoms. The largest absolute Gasteiger partial charge is 0.469 e. The first-order valence-corrected chi connectivity index (χ1v) is 7.35. The van der Waals surface area contributed by atoms with Crippen molar-refractivity contribution in [1.82, 2.24) is 0 Å². The van der Waals surface area contributed by atoms with Crippen molar-refractivity contribution in [3.63, 3.8) is 0 Å². The van der Waals surface area contributed by atoms with Crippen LogP contribution in [-0.4, -0.2) is 24.3 Å². The topological polar surface area (TPSA) is 46.5 Å². The average molecular weight is 272 g/mol. The number of allylic oxidation sites excluding steroid dienone is 2. The van der Waals surface area contributed by atoms with E-state index in [0.717, 1.165) is 18.4 Å². The maximum absolute atomic E-state index is 10.8. The summed E-state index contributed by atoms with van der Waals surface area (Å²) in [4.78, 5) is 10.8. The summed E-state index contributed by atoms with van der Waals surface area (Å²) >= 11 is 0. The average Bonchev–Trinajstić information content (AvgIpc) is 2.54. The molecule has 0 amide bonds. The number of hydrogen-bond donors (Lipinski definition) is 1. The number of hydrogen-bond acceptors (Lipinski definition) is 3. The van der Waals surface area contributed by atoms with Crippen LogP contribution in [0.3, 0.4) is 0 Å². The van der Waals surface area contributed by atoms with Crippen molar-refractivity contribution < 1.29 is 14.6 Å². The van der Waals surface area contributed by atoms with Crippen LogP contribution in [-0.2, 0) is 9.53 Å². The summed E-state index contributed by atoms with van der Waals surface area (Å²) in [6.45, 7) is 12.0. The molecule has 0 aliphatic heterocycles. The molecule has 1 aliphatic carbocycles. The summed E-state index contributed by atoms with van der Waals surface area (Å²) in [5.41, 5.74) is 0.816. The number of methoxy groups -OCH3 is 1. The van der Waals surface area contributed by atoms with Gasteiger partial charge in [-0.2, -0.15) is 0 Å². The third-order valence-electron chi connectivity index (χ3n) is 2.00. The molecule has 1 rings (SSSR count). The van der Waals surface area contributed by atoms with Gasteiger partial charge in [0.05, 0.1) is 19.6 Å². The van der Waals surface area contributed by atoms with E-state index in [1.165, 1.54) is 7.11 Å². The van der Waals surface area contributed by atoms with Crippen molar-refractivity contribution in [2.45, 2.75) is 66.9 Å². The summed E-state index contributed by atoms with van der Waals surface area (Å²) in [5, 5.41) is 9.56. The molecule has 0 saturated carbocycles. The first-order valence-electron chi connectivity index (χ1n) is 7.35. The quantitative estimate of drug-likeness (QED) is 0.781. The molecule has 0 aromatic heterocycles.